The van der Waals surface area contributed by atoms with Crippen LogP contribution in [0, 0.1) is 6.92 Å². The molecule has 0 atom stereocenters. The zero-order valence-electron chi connectivity index (χ0n) is 16.4. The second-order valence-corrected chi connectivity index (χ2v) is 8.07. The molecule has 4 aromatic rings. The number of anilines is 1. The number of ether oxygens (including phenoxy) is 2. The number of rotatable bonds is 7. The number of thiazole rings is 2. The molecule has 0 fully saturated rings. The first-order valence-corrected chi connectivity index (χ1v) is 11.0. The van der Waals surface area contributed by atoms with Gasteiger partial charge in [-0.15, -0.1) is 22.7 Å². The molecule has 2 heterocycles. The summed E-state index contributed by atoms with van der Waals surface area (Å²) in [6, 6.07) is 13.0. The van der Waals surface area contributed by atoms with Crippen LogP contribution in [0.2, 0.25) is 0 Å². The smallest absolute Gasteiger partial charge is 0.257 e. The first-order valence-electron chi connectivity index (χ1n) is 9.14. The van der Waals surface area contributed by atoms with Crippen LogP contribution < -0.4 is 14.8 Å². The number of methoxy groups -OCH3 is 1. The number of amides is 1. The second kappa shape index (κ2) is 9.06. The van der Waals surface area contributed by atoms with E-state index in [1.54, 1.807) is 30.8 Å². The highest BCUT2D eigenvalue weighted by atomic mass is 32.1. The molecule has 6 nitrogen and oxygen atoms in total. The van der Waals surface area contributed by atoms with Gasteiger partial charge in [0, 0.05) is 21.9 Å². The Labute approximate surface area is 182 Å². The lowest BCUT2D eigenvalue weighted by Gasteiger charge is -2.07. The summed E-state index contributed by atoms with van der Waals surface area (Å²) in [7, 11) is 1.63. The number of aromatic nitrogens is 2. The Hall–Kier alpha value is -3.23. The number of nitrogens with one attached hydrogen (secondary N) is 1. The Bertz CT molecular complexity index is 1160. The molecule has 8 heteroatoms. The first kappa shape index (κ1) is 20.1. The summed E-state index contributed by atoms with van der Waals surface area (Å²) in [4.78, 5) is 21.4. The van der Waals surface area contributed by atoms with Gasteiger partial charge in [0.05, 0.1) is 24.0 Å². The van der Waals surface area contributed by atoms with Crippen molar-refractivity contribution >= 4 is 33.7 Å². The van der Waals surface area contributed by atoms with E-state index in [0.717, 1.165) is 28.3 Å². The third-order valence-corrected chi connectivity index (χ3v) is 5.71. The molecule has 0 radical (unpaired) electrons. The fourth-order valence-corrected chi connectivity index (χ4v) is 4.09. The van der Waals surface area contributed by atoms with Crippen LogP contribution in [0.15, 0.2) is 58.7 Å². The lowest BCUT2D eigenvalue weighted by Crippen LogP contribution is -2.11. The van der Waals surface area contributed by atoms with Crippen LogP contribution >= 0.6 is 22.7 Å². The number of benzene rings is 2. The van der Waals surface area contributed by atoms with Gasteiger partial charge in [-0.25, -0.2) is 9.97 Å². The molecule has 0 aliphatic carbocycles. The van der Waals surface area contributed by atoms with Crippen LogP contribution in [0.1, 0.15) is 21.6 Å². The number of carbonyl (C=O) groups is 1. The molecule has 152 valence electrons. The van der Waals surface area contributed by atoms with Crippen molar-refractivity contribution in [3.8, 4) is 22.8 Å². The Balaban J connectivity index is 1.46. The van der Waals surface area contributed by atoms with E-state index in [-0.39, 0.29) is 5.91 Å². The van der Waals surface area contributed by atoms with Gasteiger partial charge in [-0.05, 0) is 37.3 Å². The van der Waals surface area contributed by atoms with Crippen molar-refractivity contribution < 1.29 is 14.3 Å². The minimum absolute atomic E-state index is 0.244. The summed E-state index contributed by atoms with van der Waals surface area (Å²) in [6.07, 6.45) is 0. The molecule has 0 unspecified atom stereocenters. The topological polar surface area (TPSA) is 73.3 Å². The van der Waals surface area contributed by atoms with E-state index in [9.17, 15) is 4.79 Å². The van der Waals surface area contributed by atoms with Gasteiger partial charge in [-0.3, -0.25) is 10.1 Å². The van der Waals surface area contributed by atoms with Crippen molar-refractivity contribution in [3.05, 3.63) is 75.6 Å². The van der Waals surface area contributed by atoms with Crippen LogP contribution in [0.5, 0.6) is 11.5 Å². The Morgan fingerprint density at radius 3 is 2.87 bits per heavy atom. The van der Waals surface area contributed by atoms with Crippen molar-refractivity contribution in [3.63, 3.8) is 0 Å². The van der Waals surface area contributed by atoms with E-state index < -0.39 is 0 Å². The number of hydrogen-bond acceptors (Lipinski definition) is 7. The van der Waals surface area contributed by atoms with Crippen LogP contribution in [-0.2, 0) is 6.61 Å². The maximum atomic E-state index is 12.7. The summed E-state index contributed by atoms with van der Waals surface area (Å²) in [5, 5.41) is 7.21. The van der Waals surface area contributed by atoms with Crippen molar-refractivity contribution in [2.24, 2.45) is 0 Å². The number of hydrogen-bond donors (Lipinski definition) is 1. The van der Waals surface area contributed by atoms with E-state index >= 15 is 0 Å². The zero-order valence-corrected chi connectivity index (χ0v) is 18.0. The third-order valence-electron chi connectivity index (χ3n) is 4.32. The van der Waals surface area contributed by atoms with Gasteiger partial charge in [-0.1, -0.05) is 17.7 Å². The van der Waals surface area contributed by atoms with Gasteiger partial charge in [-0.2, -0.15) is 0 Å². The summed E-state index contributed by atoms with van der Waals surface area (Å²) >= 11 is 2.89. The lowest BCUT2D eigenvalue weighted by molar-refractivity contribution is 0.102. The highest BCUT2D eigenvalue weighted by molar-refractivity contribution is 7.14. The summed E-state index contributed by atoms with van der Waals surface area (Å²) in [6.45, 7) is 2.38. The maximum absolute atomic E-state index is 12.7. The number of carbonyl (C=O) groups excluding carboxylic acids is 1. The average Bonchev–Trinajstić information content (AvgIpc) is 3.44. The molecule has 2 aromatic carbocycles. The quantitative estimate of drug-likeness (QED) is 0.418. The molecule has 0 aliphatic rings. The van der Waals surface area contributed by atoms with Gasteiger partial charge >= 0.3 is 0 Å². The van der Waals surface area contributed by atoms with Crippen LogP contribution in [-0.4, -0.2) is 23.0 Å². The number of aryl methyl sites for hydroxylation is 1. The standard InChI is InChI=1S/C22H19N3O3S2/c1-14-6-7-20(27-2)18(8-14)19-12-30-22(24-19)25-21(26)15-4-3-5-17(9-15)28-10-16-11-29-13-23-16/h3-9,11-13H,10H2,1-2H3,(H,24,25,26). The van der Waals surface area contributed by atoms with Crippen LogP contribution in [0.25, 0.3) is 11.3 Å². The van der Waals surface area contributed by atoms with Crippen LogP contribution in [0.3, 0.4) is 0 Å². The van der Waals surface area contributed by atoms with Gasteiger partial charge in [0.1, 0.15) is 18.1 Å². The molecule has 4 rings (SSSR count). The van der Waals surface area contributed by atoms with Crippen molar-refractivity contribution in [2.45, 2.75) is 13.5 Å². The van der Waals surface area contributed by atoms with E-state index in [2.05, 4.69) is 15.3 Å². The fraction of sp³-hybridized carbons (Fsp3) is 0.136. The zero-order chi connectivity index (χ0) is 20.9. The summed E-state index contributed by atoms with van der Waals surface area (Å²) < 4.78 is 11.2. The summed E-state index contributed by atoms with van der Waals surface area (Å²) in [5.74, 6) is 1.11. The molecule has 30 heavy (non-hydrogen) atoms. The van der Waals surface area contributed by atoms with Crippen LogP contribution in [0.4, 0.5) is 5.13 Å². The van der Waals surface area contributed by atoms with E-state index in [4.69, 9.17) is 9.47 Å². The van der Waals surface area contributed by atoms with Crippen molar-refractivity contribution in [2.75, 3.05) is 12.4 Å². The van der Waals surface area contributed by atoms with Gasteiger partial charge in [0.15, 0.2) is 5.13 Å². The van der Waals surface area contributed by atoms with E-state index in [1.807, 2.05) is 41.9 Å². The Morgan fingerprint density at radius 2 is 2.07 bits per heavy atom. The SMILES string of the molecule is COc1ccc(C)cc1-c1csc(NC(=O)c2cccc(OCc3cscn3)c2)n1. The van der Waals surface area contributed by atoms with E-state index in [0.29, 0.717) is 23.1 Å². The molecule has 0 saturated carbocycles. The Morgan fingerprint density at radius 1 is 1.17 bits per heavy atom. The highest BCUT2D eigenvalue weighted by Crippen LogP contribution is 2.33. The molecule has 0 saturated heterocycles. The molecule has 0 aliphatic heterocycles. The highest BCUT2D eigenvalue weighted by Gasteiger charge is 2.13. The molecule has 0 bridgehead atoms. The molecular formula is C22H19N3O3S2. The minimum Gasteiger partial charge on any atom is -0.496 e. The van der Waals surface area contributed by atoms with Gasteiger partial charge in [0.25, 0.3) is 5.91 Å². The summed E-state index contributed by atoms with van der Waals surface area (Å²) in [5.41, 5.74) is 5.88. The Kier molecular flexibility index (Phi) is 6.06. The molecule has 1 N–H and O–H groups in total. The predicted molar refractivity (Wildman–Crippen MR) is 120 cm³/mol. The molecule has 1 amide bonds. The van der Waals surface area contributed by atoms with Crippen molar-refractivity contribution in [1.82, 2.24) is 9.97 Å². The average molecular weight is 438 g/mol. The second-order valence-electron chi connectivity index (χ2n) is 6.49. The third kappa shape index (κ3) is 4.67. The molecule has 0 spiro atoms. The maximum Gasteiger partial charge on any atom is 0.257 e. The minimum atomic E-state index is -0.244. The first-order chi connectivity index (χ1) is 14.6. The van der Waals surface area contributed by atoms with Gasteiger partial charge in [0.2, 0.25) is 0 Å². The van der Waals surface area contributed by atoms with Gasteiger partial charge < -0.3 is 9.47 Å². The van der Waals surface area contributed by atoms with E-state index in [1.165, 1.54) is 22.7 Å². The monoisotopic (exact) mass is 437 g/mol. The normalized spacial score (nSPS) is 10.6. The largest absolute Gasteiger partial charge is 0.496 e. The number of nitrogens with zero attached hydrogens (tertiary/aromatic N) is 2. The molecule has 2 aromatic heterocycles. The van der Waals surface area contributed by atoms with Crippen molar-refractivity contribution in [1.29, 1.82) is 0 Å². The lowest BCUT2D eigenvalue weighted by atomic mass is 10.1. The fourth-order valence-electron chi connectivity index (χ4n) is 2.84. The predicted octanol–water partition coefficient (Wildman–Crippen LogP) is 5.41. The molecular weight excluding hydrogens is 418 g/mol.